The van der Waals surface area contributed by atoms with Crippen LogP contribution in [0.2, 0.25) is 0 Å². The predicted molar refractivity (Wildman–Crippen MR) is 90.9 cm³/mol. The first-order chi connectivity index (χ1) is 12.9. The summed E-state index contributed by atoms with van der Waals surface area (Å²) >= 11 is 0. The summed E-state index contributed by atoms with van der Waals surface area (Å²) in [6.07, 6.45) is -2.83. The van der Waals surface area contributed by atoms with Gasteiger partial charge in [0.25, 0.3) is 5.89 Å². The first kappa shape index (κ1) is 17.1. The summed E-state index contributed by atoms with van der Waals surface area (Å²) in [5.41, 5.74) is 2.10. The summed E-state index contributed by atoms with van der Waals surface area (Å²) in [7, 11) is 1.62. The third kappa shape index (κ3) is 3.01. The molecule has 0 aliphatic rings. The van der Waals surface area contributed by atoms with Crippen LogP contribution in [0.15, 0.2) is 51.7 Å². The van der Waals surface area contributed by atoms with Crippen molar-refractivity contribution in [1.29, 1.82) is 0 Å². The van der Waals surface area contributed by atoms with Crippen LogP contribution < -0.4 is 5.69 Å². The van der Waals surface area contributed by atoms with Crippen molar-refractivity contribution >= 4 is 11.0 Å². The van der Waals surface area contributed by atoms with E-state index in [2.05, 4.69) is 10.2 Å². The molecular weight excluding hydrogens is 361 g/mol. The largest absolute Gasteiger partial charge is 0.415 e. The minimum Gasteiger partial charge on any atom is -0.415 e. The fourth-order valence-electron chi connectivity index (χ4n) is 2.91. The number of aromatic nitrogens is 4. The lowest BCUT2D eigenvalue weighted by Crippen LogP contribution is -2.22. The highest BCUT2D eigenvalue weighted by atomic mass is 19.3. The molecule has 0 N–H and O–H groups in total. The van der Waals surface area contributed by atoms with Gasteiger partial charge in [-0.05, 0) is 35.9 Å². The van der Waals surface area contributed by atoms with Crippen LogP contribution in [0.4, 0.5) is 13.2 Å². The molecule has 4 aromatic rings. The number of imidazole rings is 1. The van der Waals surface area contributed by atoms with Crippen LogP contribution in [-0.2, 0) is 13.6 Å². The van der Waals surface area contributed by atoms with Crippen LogP contribution in [0.25, 0.3) is 22.5 Å². The Morgan fingerprint density at radius 3 is 2.48 bits per heavy atom. The molecule has 0 fully saturated rings. The zero-order valence-corrected chi connectivity index (χ0v) is 14.1. The molecular formula is C18H13F3N4O2. The van der Waals surface area contributed by atoms with E-state index >= 15 is 0 Å². The van der Waals surface area contributed by atoms with Gasteiger partial charge in [0.1, 0.15) is 5.82 Å². The molecule has 6 nitrogen and oxygen atoms in total. The van der Waals surface area contributed by atoms with Gasteiger partial charge in [0.15, 0.2) is 0 Å². The zero-order chi connectivity index (χ0) is 19.1. The van der Waals surface area contributed by atoms with E-state index in [0.29, 0.717) is 16.6 Å². The molecule has 0 saturated heterocycles. The molecule has 2 aromatic heterocycles. The SMILES string of the molecule is Cn1c(=O)n(Cc2ccc(-c3nnc(C(F)F)o3)cc2)c2cc(F)ccc21. The lowest BCUT2D eigenvalue weighted by molar-refractivity contribution is 0.116. The van der Waals surface area contributed by atoms with E-state index < -0.39 is 18.1 Å². The molecule has 27 heavy (non-hydrogen) atoms. The van der Waals surface area contributed by atoms with E-state index in [9.17, 15) is 18.0 Å². The zero-order valence-electron chi connectivity index (χ0n) is 14.1. The second-order valence-electron chi connectivity index (χ2n) is 6.00. The average molecular weight is 374 g/mol. The molecule has 0 amide bonds. The minimum absolute atomic E-state index is 0.0127. The Bertz CT molecular complexity index is 1180. The highest BCUT2D eigenvalue weighted by molar-refractivity contribution is 5.76. The molecule has 0 aliphatic carbocycles. The molecule has 0 spiro atoms. The molecule has 0 aliphatic heterocycles. The second-order valence-corrected chi connectivity index (χ2v) is 6.00. The summed E-state index contributed by atoms with van der Waals surface area (Å²) < 4.78 is 46.5. The third-order valence-electron chi connectivity index (χ3n) is 4.28. The highest BCUT2D eigenvalue weighted by Crippen LogP contribution is 2.24. The number of alkyl halides is 2. The number of nitrogens with zero attached hydrogens (tertiary/aromatic N) is 4. The fraction of sp³-hybridized carbons (Fsp3) is 0.167. The number of hydrogen-bond acceptors (Lipinski definition) is 4. The number of halogens is 3. The van der Waals surface area contributed by atoms with Gasteiger partial charge < -0.3 is 4.42 Å². The topological polar surface area (TPSA) is 65.8 Å². The molecule has 138 valence electrons. The minimum atomic E-state index is -2.83. The summed E-state index contributed by atoms with van der Waals surface area (Å²) in [5.74, 6) is -1.18. The second kappa shape index (κ2) is 6.42. The molecule has 4 rings (SSSR count). The monoisotopic (exact) mass is 374 g/mol. The maximum Gasteiger partial charge on any atom is 0.329 e. The first-order valence-corrected chi connectivity index (χ1v) is 7.99. The summed E-state index contributed by atoms with van der Waals surface area (Å²) in [5, 5.41) is 6.88. The van der Waals surface area contributed by atoms with Gasteiger partial charge in [0.05, 0.1) is 17.6 Å². The molecule has 9 heteroatoms. The fourth-order valence-corrected chi connectivity index (χ4v) is 2.91. The molecule has 0 saturated carbocycles. The van der Waals surface area contributed by atoms with Crippen LogP contribution in [0.5, 0.6) is 0 Å². The van der Waals surface area contributed by atoms with Crippen molar-refractivity contribution in [2.75, 3.05) is 0 Å². The number of rotatable bonds is 4. The lowest BCUT2D eigenvalue weighted by Gasteiger charge is -2.04. The van der Waals surface area contributed by atoms with Crippen LogP contribution in [0, 0.1) is 5.82 Å². The Morgan fingerprint density at radius 2 is 1.81 bits per heavy atom. The Balaban J connectivity index is 1.66. The lowest BCUT2D eigenvalue weighted by atomic mass is 10.1. The van der Waals surface area contributed by atoms with E-state index in [1.165, 1.54) is 21.3 Å². The smallest absolute Gasteiger partial charge is 0.329 e. The first-order valence-electron chi connectivity index (χ1n) is 7.99. The standard InChI is InChI=1S/C18H13F3N4O2/c1-24-13-7-6-12(19)8-14(13)25(18(24)26)9-10-2-4-11(5-3-10)16-22-23-17(27-16)15(20)21/h2-8,15H,9H2,1H3. The van der Waals surface area contributed by atoms with Gasteiger partial charge >= 0.3 is 12.1 Å². The quantitative estimate of drug-likeness (QED) is 0.548. The number of benzene rings is 2. The van der Waals surface area contributed by atoms with E-state index in [1.54, 1.807) is 37.4 Å². The maximum atomic E-state index is 13.6. The van der Waals surface area contributed by atoms with Crippen molar-refractivity contribution in [2.45, 2.75) is 13.0 Å². The molecule has 0 radical (unpaired) electrons. The van der Waals surface area contributed by atoms with Gasteiger partial charge in [-0.1, -0.05) is 12.1 Å². The Morgan fingerprint density at radius 1 is 1.07 bits per heavy atom. The number of fused-ring (bicyclic) bond motifs is 1. The molecule has 0 atom stereocenters. The van der Waals surface area contributed by atoms with E-state index in [4.69, 9.17) is 4.42 Å². The molecule has 2 aromatic carbocycles. The highest BCUT2D eigenvalue weighted by Gasteiger charge is 2.17. The third-order valence-corrected chi connectivity index (χ3v) is 4.28. The summed E-state index contributed by atoms with van der Waals surface area (Å²) in [6, 6.07) is 10.9. The summed E-state index contributed by atoms with van der Waals surface area (Å²) in [4.78, 5) is 12.5. The van der Waals surface area contributed by atoms with Crippen molar-refractivity contribution in [1.82, 2.24) is 19.3 Å². The average Bonchev–Trinajstić information content (AvgIpc) is 3.23. The number of hydrogen-bond donors (Lipinski definition) is 0. The maximum absolute atomic E-state index is 13.6. The van der Waals surface area contributed by atoms with Crippen molar-refractivity contribution in [2.24, 2.45) is 7.05 Å². The Hall–Kier alpha value is -3.36. The van der Waals surface area contributed by atoms with Crippen LogP contribution in [-0.4, -0.2) is 19.3 Å². The van der Waals surface area contributed by atoms with E-state index in [1.807, 2.05) is 0 Å². The van der Waals surface area contributed by atoms with Crippen molar-refractivity contribution in [3.63, 3.8) is 0 Å². The summed E-state index contributed by atoms with van der Waals surface area (Å²) in [6.45, 7) is 0.228. The predicted octanol–water partition coefficient (Wildman–Crippen LogP) is 3.52. The van der Waals surface area contributed by atoms with Gasteiger partial charge in [0, 0.05) is 12.6 Å². The molecule has 0 unspecified atom stereocenters. The Kier molecular flexibility index (Phi) is 4.06. The van der Waals surface area contributed by atoms with Gasteiger partial charge in [-0.2, -0.15) is 8.78 Å². The molecule has 0 bridgehead atoms. The van der Waals surface area contributed by atoms with Crippen LogP contribution in [0.1, 0.15) is 17.9 Å². The van der Waals surface area contributed by atoms with E-state index in [0.717, 1.165) is 5.56 Å². The van der Waals surface area contributed by atoms with Crippen LogP contribution in [0.3, 0.4) is 0 Å². The van der Waals surface area contributed by atoms with Crippen molar-refractivity contribution in [3.05, 3.63) is 70.2 Å². The number of aryl methyl sites for hydroxylation is 1. The normalized spacial score (nSPS) is 11.6. The molecule has 2 heterocycles. The van der Waals surface area contributed by atoms with Gasteiger partial charge in [-0.15, -0.1) is 10.2 Å². The van der Waals surface area contributed by atoms with Gasteiger partial charge in [0.2, 0.25) is 5.89 Å². The van der Waals surface area contributed by atoms with E-state index in [-0.39, 0.29) is 18.1 Å². The van der Waals surface area contributed by atoms with Crippen molar-refractivity contribution < 1.29 is 17.6 Å². The Labute approximate surface area is 150 Å². The van der Waals surface area contributed by atoms with Crippen LogP contribution >= 0.6 is 0 Å². The van der Waals surface area contributed by atoms with Crippen molar-refractivity contribution in [3.8, 4) is 11.5 Å². The van der Waals surface area contributed by atoms with Gasteiger partial charge in [-0.3, -0.25) is 9.13 Å². The van der Waals surface area contributed by atoms with Gasteiger partial charge in [-0.25, -0.2) is 9.18 Å².